The van der Waals surface area contributed by atoms with E-state index < -0.39 is 20.0 Å². The highest BCUT2D eigenvalue weighted by atomic mass is 28.4. The zero-order chi connectivity index (χ0) is 39.9. The van der Waals surface area contributed by atoms with Crippen LogP contribution in [0.2, 0.25) is 18.6 Å². The summed E-state index contributed by atoms with van der Waals surface area (Å²) in [6.45, 7) is 6.46. The third kappa shape index (κ3) is 7.09. The highest BCUT2D eigenvalue weighted by molar-refractivity contribution is 6.71. The molecule has 0 bridgehead atoms. The molecule has 0 aliphatic carbocycles. The number of benzene rings is 4. The number of nitrogens with zero attached hydrogens (tertiary/aromatic N) is 6. The van der Waals surface area contributed by atoms with E-state index in [0.717, 1.165) is 33.7 Å². The Morgan fingerprint density at radius 2 is 1.68 bits per heavy atom. The van der Waals surface area contributed by atoms with Gasteiger partial charge in [0.1, 0.15) is 5.75 Å². The van der Waals surface area contributed by atoms with Gasteiger partial charge in [-0.25, -0.2) is 5.01 Å². The molecule has 1 aromatic heterocycles. The summed E-state index contributed by atoms with van der Waals surface area (Å²) in [7, 11) is -1.32. The average molecular weight is 785 g/mol. The van der Waals surface area contributed by atoms with Crippen molar-refractivity contribution < 1.29 is 29.0 Å². The molecule has 5 atom stereocenters. The Hall–Kier alpha value is -5.47. The normalized spacial score (nSPS) is 22.6. The van der Waals surface area contributed by atoms with Gasteiger partial charge in [0.2, 0.25) is 5.91 Å². The summed E-state index contributed by atoms with van der Waals surface area (Å²) in [5, 5.41) is 25.2. The molecule has 0 saturated carbocycles. The predicted molar refractivity (Wildman–Crippen MR) is 220 cm³/mol. The summed E-state index contributed by atoms with van der Waals surface area (Å²) in [5.41, 5.74) is 4.83. The van der Waals surface area contributed by atoms with Gasteiger partial charge in [-0.2, -0.15) is 5.10 Å². The van der Waals surface area contributed by atoms with E-state index in [-0.39, 0.29) is 42.3 Å². The molecule has 2 N–H and O–H groups in total. The first-order valence-corrected chi connectivity index (χ1v) is 22.6. The standard InChI is InChI=1S/C44H48N6O6Si/c1-29-42(57(3,4)54)40(23-24-48-27-38(45-47-48)35(28-51)31-11-7-5-8-12-31)56-44(29)36-25-34(55-2)19-21-39(36)49(43(44)53)26-30-15-17-33(18-16-30)50-41(52)22-20-37(46-50)32-13-9-6-10-14-32/h5-19,21,25,27,29,35,40,42,51,54H,20,22-24,26,28H2,1-4H3/t29-,35?,40+,42-,44+/m0/s1. The smallest absolute Gasteiger partial charge is 0.264 e. The lowest BCUT2D eigenvalue weighted by molar-refractivity contribution is -0.146. The summed E-state index contributed by atoms with van der Waals surface area (Å²) in [4.78, 5) is 41.6. The molecule has 2 amide bonds. The monoisotopic (exact) mass is 784 g/mol. The van der Waals surface area contributed by atoms with E-state index >= 15 is 4.79 Å². The Morgan fingerprint density at radius 3 is 2.37 bits per heavy atom. The summed E-state index contributed by atoms with van der Waals surface area (Å²) in [6, 6.07) is 32.9. The lowest BCUT2D eigenvalue weighted by Gasteiger charge is -2.32. The largest absolute Gasteiger partial charge is 0.497 e. The van der Waals surface area contributed by atoms with Gasteiger partial charge in [0.25, 0.3) is 5.91 Å². The van der Waals surface area contributed by atoms with Crippen molar-refractivity contribution in [3.05, 3.63) is 137 Å². The van der Waals surface area contributed by atoms with Gasteiger partial charge in [-0.15, -0.1) is 5.10 Å². The van der Waals surface area contributed by atoms with E-state index in [1.54, 1.807) is 16.7 Å². The Morgan fingerprint density at radius 1 is 0.965 bits per heavy atom. The molecule has 57 heavy (non-hydrogen) atoms. The number of hydrogen-bond acceptors (Lipinski definition) is 9. The number of aliphatic hydroxyl groups excluding tert-OH is 1. The molecule has 3 aliphatic rings. The SMILES string of the molecule is COc1ccc2c(c1)[C@@]1(O[C@H](CCn3cc(C(CO)c4ccccc4)nn3)[C@@H]([Si](C)(C)O)[C@@H]1C)C(=O)N2Cc1ccc(N2N=C(c3ccccc3)CCC2=O)cc1. The van der Waals surface area contributed by atoms with Crippen LogP contribution in [0, 0.1) is 5.92 Å². The molecule has 4 heterocycles. The van der Waals surface area contributed by atoms with Gasteiger partial charge >= 0.3 is 0 Å². The number of amides is 2. The fourth-order valence-corrected chi connectivity index (χ4v) is 11.6. The van der Waals surface area contributed by atoms with E-state index in [0.29, 0.717) is 42.9 Å². The van der Waals surface area contributed by atoms with Crippen LogP contribution in [0.3, 0.4) is 0 Å². The van der Waals surface area contributed by atoms with Crippen LogP contribution in [-0.2, 0) is 33.0 Å². The number of carbonyl (C=O) groups is 2. The van der Waals surface area contributed by atoms with Crippen LogP contribution in [0.25, 0.3) is 0 Å². The number of aliphatic hydroxyl groups is 1. The predicted octanol–water partition coefficient (Wildman–Crippen LogP) is 6.38. The third-order valence-electron chi connectivity index (χ3n) is 11.8. The number of methoxy groups -OCH3 is 1. The molecule has 1 unspecified atom stereocenters. The van der Waals surface area contributed by atoms with E-state index in [4.69, 9.17) is 14.6 Å². The lowest BCUT2D eigenvalue weighted by atomic mass is 9.82. The topological polar surface area (TPSA) is 143 Å². The van der Waals surface area contributed by atoms with Crippen LogP contribution in [-0.4, -0.2) is 70.6 Å². The van der Waals surface area contributed by atoms with E-state index in [2.05, 4.69) is 10.3 Å². The molecule has 8 rings (SSSR count). The van der Waals surface area contributed by atoms with E-state index in [9.17, 15) is 14.7 Å². The van der Waals surface area contributed by atoms with Gasteiger partial charge < -0.3 is 24.3 Å². The minimum Gasteiger partial charge on any atom is -0.497 e. The van der Waals surface area contributed by atoms with Crippen molar-refractivity contribution in [2.75, 3.05) is 23.6 Å². The molecule has 294 valence electrons. The van der Waals surface area contributed by atoms with Crippen molar-refractivity contribution >= 4 is 37.2 Å². The first-order chi connectivity index (χ1) is 27.5. The second-order valence-corrected chi connectivity index (χ2v) is 19.7. The minimum atomic E-state index is -2.92. The Balaban J connectivity index is 1.06. The highest BCUT2D eigenvalue weighted by Gasteiger charge is 2.66. The number of fused-ring (bicyclic) bond motifs is 2. The number of hydrazone groups is 1. The average Bonchev–Trinajstić information content (AvgIpc) is 3.88. The molecule has 13 heteroatoms. The Bertz CT molecular complexity index is 2280. The van der Waals surface area contributed by atoms with Crippen LogP contribution in [0.1, 0.15) is 60.1 Å². The molecule has 3 aliphatic heterocycles. The van der Waals surface area contributed by atoms with E-state index in [1.807, 2.05) is 129 Å². The summed E-state index contributed by atoms with van der Waals surface area (Å²) >= 11 is 0. The van der Waals surface area contributed by atoms with Gasteiger partial charge in [0.15, 0.2) is 13.9 Å². The molecule has 1 saturated heterocycles. The Labute approximate surface area is 333 Å². The number of ether oxygens (including phenoxy) is 2. The molecule has 0 radical (unpaired) electrons. The van der Waals surface area contributed by atoms with Crippen molar-refractivity contribution in [2.45, 2.75) is 75.5 Å². The maximum atomic E-state index is 15.0. The van der Waals surface area contributed by atoms with Gasteiger partial charge in [-0.1, -0.05) is 84.9 Å². The summed E-state index contributed by atoms with van der Waals surface area (Å²) in [5.74, 6) is -0.310. The fraction of sp³-hybridized carbons (Fsp3) is 0.341. The van der Waals surface area contributed by atoms with Gasteiger partial charge in [-0.3, -0.25) is 14.3 Å². The highest BCUT2D eigenvalue weighted by Crippen LogP contribution is 2.60. The fourth-order valence-electron chi connectivity index (χ4n) is 9.02. The zero-order valence-corrected chi connectivity index (χ0v) is 33.7. The molecule has 12 nitrogen and oxygen atoms in total. The van der Waals surface area contributed by atoms with Crippen LogP contribution in [0.15, 0.2) is 114 Å². The van der Waals surface area contributed by atoms with Gasteiger partial charge in [0.05, 0.1) is 55.1 Å². The maximum Gasteiger partial charge on any atom is 0.264 e. The van der Waals surface area contributed by atoms with Crippen molar-refractivity contribution in [2.24, 2.45) is 11.0 Å². The number of anilines is 2. The minimum absolute atomic E-state index is 0.0698. The second kappa shape index (κ2) is 15.5. The van der Waals surface area contributed by atoms with Gasteiger partial charge in [-0.05, 0) is 66.5 Å². The molecule has 5 aromatic rings. The quantitative estimate of drug-likeness (QED) is 0.139. The lowest BCUT2D eigenvalue weighted by Crippen LogP contribution is -2.46. The zero-order valence-electron chi connectivity index (χ0n) is 32.7. The van der Waals surface area contributed by atoms with Gasteiger partial charge in [0, 0.05) is 42.6 Å². The number of aryl methyl sites for hydroxylation is 1. The van der Waals surface area contributed by atoms with Crippen LogP contribution >= 0.6 is 0 Å². The second-order valence-electron chi connectivity index (χ2n) is 15.8. The van der Waals surface area contributed by atoms with Crippen LogP contribution in [0.4, 0.5) is 11.4 Å². The molecule has 1 fully saturated rings. The molecule has 1 spiro atoms. The number of carbonyl (C=O) groups excluding carboxylic acids is 2. The van der Waals surface area contributed by atoms with Crippen LogP contribution < -0.4 is 14.6 Å². The van der Waals surface area contributed by atoms with Crippen molar-refractivity contribution in [1.82, 2.24) is 15.0 Å². The third-order valence-corrected chi connectivity index (χ3v) is 14.3. The van der Waals surface area contributed by atoms with Crippen molar-refractivity contribution in [3.63, 3.8) is 0 Å². The first-order valence-electron chi connectivity index (χ1n) is 19.5. The van der Waals surface area contributed by atoms with Crippen molar-refractivity contribution in [3.8, 4) is 5.75 Å². The summed E-state index contributed by atoms with van der Waals surface area (Å²) < 4.78 is 14.5. The number of aromatic nitrogens is 3. The molecular weight excluding hydrogens is 737 g/mol. The molecular formula is C44H48N6O6Si. The summed E-state index contributed by atoms with van der Waals surface area (Å²) in [6.07, 6.45) is 2.84. The Kier molecular flexibility index (Phi) is 10.4. The van der Waals surface area contributed by atoms with Crippen molar-refractivity contribution in [1.29, 1.82) is 0 Å². The number of hydrogen-bond donors (Lipinski definition) is 2. The number of rotatable bonds is 12. The maximum absolute atomic E-state index is 15.0. The van der Waals surface area contributed by atoms with Crippen LogP contribution in [0.5, 0.6) is 5.75 Å². The van der Waals surface area contributed by atoms with E-state index in [1.165, 1.54) is 5.01 Å². The molecule has 4 aromatic carbocycles. The first kappa shape index (κ1) is 38.4.